The van der Waals surface area contributed by atoms with Crippen molar-refractivity contribution in [3.8, 4) is 0 Å². The van der Waals surface area contributed by atoms with Gasteiger partial charge in [0, 0.05) is 16.9 Å². The molecule has 0 unspecified atom stereocenters. The molecule has 1 aliphatic heterocycles. The number of carboxylic acid groups (broad SMARTS) is 1. The third-order valence-corrected chi connectivity index (χ3v) is 5.20. The molecule has 0 bridgehead atoms. The van der Waals surface area contributed by atoms with Crippen molar-refractivity contribution in [2.24, 2.45) is 0 Å². The highest BCUT2D eigenvalue weighted by Gasteiger charge is 2.35. The van der Waals surface area contributed by atoms with Crippen LogP contribution in [-0.2, 0) is 15.1 Å². The van der Waals surface area contributed by atoms with E-state index in [1.54, 1.807) is 6.08 Å². The lowest BCUT2D eigenvalue weighted by molar-refractivity contribution is -0.122. The third-order valence-electron chi connectivity index (χ3n) is 4.92. The third kappa shape index (κ3) is 3.78. The molecule has 1 fully saturated rings. The van der Waals surface area contributed by atoms with Gasteiger partial charge < -0.3 is 9.67 Å². The van der Waals surface area contributed by atoms with E-state index in [2.05, 4.69) is 30.7 Å². The van der Waals surface area contributed by atoms with Crippen molar-refractivity contribution >= 4 is 46.9 Å². The van der Waals surface area contributed by atoms with Crippen molar-refractivity contribution in [2.75, 3.05) is 4.90 Å². The van der Waals surface area contributed by atoms with E-state index in [4.69, 9.17) is 17.3 Å². The van der Waals surface area contributed by atoms with Gasteiger partial charge in [0.2, 0.25) is 0 Å². The number of benzene rings is 1. The molecule has 1 saturated heterocycles. The summed E-state index contributed by atoms with van der Waals surface area (Å²) in [7, 11) is 0. The van der Waals surface area contributed by atoms with Gasteiger partial charge in [-0.25, -0.2) is 4.79 Å². The van der Waals surface area contributed by atoms with Crippen LogP contribution in [0.4, 0.5) is 5.69 Å². The van der Waals surface area contributed by atoms with Crippen molar-refractivity contribution in [1.29, 1.82) is 0 Å². The number of hydrogen-bond donors (Lipinski definition) is 2. The second kappa shape index (κ2) is 7.53. The number of rotatable bonds is 3. The molecule has 0 aliphatic carbocycles. The fourth-order valence-corrected chi connectivity index (χ4v) is 4.05. The minimum absolute atomic E-state index is 0.0416. The molecule has 0 radical (unpaired) electrons. The maximum atomic E-state index is 13.2. The van der Waals surface area contributed by atoms with E-state index < -0.39 is 17.8 Å². The molecule has 3 rings (SSSR count). The van der Waals surface area contributed by atoms with E-state index in [9.17, 15) is 14.4 Å². The van der Waals surface area contributed by atoms with Crippen LogP contribution < -0.4 is 10.2 Å². The van der Waals surface area contributed by atoms with E-state index >= 15 is 0 Å². The summed E-state index contributed by atoms with van der Waals surface area (Å²) >= 11 is 5.19. The Morgan fingerprint density at radius 3 is 2.23 bits per heavy atom. The Bertz CT molecular complexity index is 1100. The molecule has 0 spiro atoms. The Labute approximate surface area is 180 Å². The summed E-state index contributed by atoms with van der Waals surface area (Å²) in [6.45, 7) is 10.2. The smallest absolute Gasteiger partial charge is 0.335 e. The maximum Gasteiger partial charge on any atom is 0.335 e. The van der Waals surface area contributed by atoms with Crippen LogP contribution in [0, 0.1) is 13.8 Å². The van der Waals surface area contributed by atoms with Crippen molar-refractivity contribution in [2.45, 2.75) is 40.2 Å². The van der Waals surface area contributed by atoms with Crippen LogP contribution in [0.15, 0.2) is 35.9 Å². The summed E-state index contributed by atoms with van der Waals surface area (Å²) in [6.07, 6.45) is 1.57. The van der Waals surface area contributed by atoms with E-state index in [1.165, 1.54) is 29.2 Å². The highest BCUT2D eigenvalue weighted by atomic mass is 32.1. The average Bonchev–Trinajstić information content (AvgIpc) is 2.92. The first-order valence-electron chi connectivity index (χ1n) is 9.36. The van der Waals surface area contributed by atoms with Crippen molar-refractivity contribution in [1.82, 2.24) is 9.88 Å². The van der Waals surface area contributed by atoms with E-state index in [-0.39, 0.29) is 21.8 Å². The minimum atomic E-state index is -1.07. The molecule has 0 atom stereocenters. The summed E-state index contributed by atoms with van der Waals surface area (Å²) in [5.41, 5.74) is 3.01. The quantitative estimate of drug-likeness (QED) is 0.447. The second-order valence-corrected chi connectivity index (χ2v) is 8.53. The number of nitrogens with one attached hydrogen (secondary N) is 1. The molecule has 0 saturated carbocycles. The fraction of sp³-hybridized carbons (Fsp3) is 0.273. The zero-order valence-electron chi connectivity index (χ0n) is 17.4. The predicted octanol–water partition coefficient (Wildman–Crippen LogP) is 3.39. The van der Waals surface area contributed by atoms with Gasteiger partial charge in [-0.15, -0.1) is 0 Å². The molecular weight excluding hydrogens is 402 g/mol. The monoisotopic (exact) mass is 425 g/mol. The van der Waals surface area contributed by atoms with Gasteiger partial charge in [-0.05, 0) is 88.8 Å². The first-order valence-corrected chi connectivity index (χ1v) is 9.77. The lowest BCUT2D eigenvalue weighted by atomic mass is 10.1. The van der Waals surface area contributed by atoms with Gasteiger partial charge in [-0.3, -0.25) is 19.8 Å². The predicted molar refractivity (Wildman–Crippen MR) is 119 cm³/mol. The molecule has 1 aromatic heterocycles. The highest BCUT2D eigenvalue weighted by molar-refractivity contribution is 7.80. The Morgan fingerprint density at radius 2 is 1.73 bits per heavy atom. The molecule has 2 aromatic rings. The van der Waals surface area contributed by atoms with Gasteiger partial charge in [0.15, 0.2) is 5.11 Å². The number of nitrogens with zero attached hydrogens (tertiary/aromatic N) is 2. The fourth-order valence-electron chi connectivity index (χ4n) is 3.77. The standard InChI is InChI=1S/C22H23N3O4S/c1-12-10-15(13(2)25(12)22(3,4)5)11-17-18(26)23-21(30)24(19(17)27)16-8-6-14(7-9-16)20(28)29/h6-11H,1-5H3,(H,28,29)(H,23,26,30)/b17-11+. The number of aromatic nitrogens is 1. The molecule has 1 aliphatic rings. The number of carboxylic acids is 1. The molecule has 1 aromatic carbocycles. The molecule has 2 heterocycles. The van der Waals surface area contributed by atoms with Crippen LogP contribution in [0.25, 0.3) is 6.08 Å². The van der Waals surface area contributed by atoms with Crippen molar-refractivity contribution < 1.29 is 19.5 Å². The number of aromatic carboxylic acids is 1. The lowest BCUT2D eigenvalue weighted by Gasteiger charge is -2.29. The number of amides is 2. The Balaban J connectivity index is 2.04. The summed E-state index contributed by atoms with van der Waals surface area (Å²) in [5.74, 6) is -2.20. The number of thiocarbonyl (C=S) groups is 1. The van der Waals surface area contributed by atoms with Crippen molar-refractivity contribution in [3.63, 3.8) is 0 Å². The Kier molecular flexibility index (Phi) is 5.38. The SMILES string of the molecule is Cc1cc(/C=C2\C(=O)NC(=S)N(c3ccc(C(=O)O)cc3)C2=O)c(C)n1C(C)(C)C. The largest absolute Gasteiger partial charge is 0.478 e. The topological polar surface area (TPSA) is 91.6 Å². The van der Waals surface area contributed by atoms with Gasteiger partial charge in [0.25, 0.3) is 11.8 Å². The van der Waals surface area contributed by atoms with Crippen LogP contribution in [0.3, 0.4) is 0 Å². The van der Waals surface area contributed by atoms with E-state index in [0.717, 1.165) is 17.0 Å². The van der Waals surface area contributed by atoms with Gasteiger partial charge in [0.05, 0.1) is 11.3 Å². The lowest BCUT2D eigenvalue weighted by Crippen LogP contribution is -2.54. The Hall–Kier alpha value is -3.26. The number of aryl methyl sites for hydroxylation is 1. The number of anilines is 1. The van der Waals surface area contributed by atoms with Gasteiger partial charge in [-0.1, -0.05) is 0 Å². The second-order valence-electron chi connectivity index (χ2n) is 8.14. The van der Waals surface area contributed by atoms with Gasteiger partial charge >= 0.3 is 5.97 Å². The number of carbonyl (C=O) groups is 3. The summed E-state index contributed by atoms with van der Waals surface area (Å²) in [5, 5.41) is 11.6. The molecule has 2 N–H and O–H groups in total. The van der Waals surface area contributed by atoms with Gasteiger partial charge in [0.1, 0.15) is 5.57 Å². The number of carbonyl (C=O) groups excluding carboxylic acids is 2. The highest BCUT2D eigenvalue weighted by Crippen LogP contribution is 2.28. The molecule has 7 nitrogen and oxygen atoms in total. The zero-order chi connectivity index (χ0) is 22.4. The maximum absolute atomic E-state index is 13.2. The van der Waals surface area contributed by atoms with Crippen LogP contribution >= 0.6 is 12.2 Å². The van der Waals surface area contributed by atoms with Crippen LogP contribution in [0.1, 0.15) is 48.1 Å². The summed E-state index contributed by atoms with van der Waals surface area (Å²) < 4.78 is 2.15. The van der Waals surface area contributed by atoms with Crippen LogP contribution in [-0.4, -0.2) is 32.6 Å². The zero-order valence-corrected chi connectivity index (χ0v) is 18.3. The average molecular weight is 426 g/mol. The van der Waals surface area contributed by atoms with Crippen LogP contribution in [0.5, 0.6) is 0 Å². The molecular formula is C22H23N3O4S. The summed E-state index contributed by atoms with van der Waals surface area (Å²) in [4.78, 5) is 38.0. The van der Waals surface area contributed by atoms with E-state index in [1.807, 2.05) is 19.9 Å². The summed E-state index contributed by atoms with van der Waals surface area (Å²) in [6, 6.07) is 7.66. The molecule has 156 valence electrons. The number of hydrogen-bond acceptors (Lipinski definition) is 4. The molecule has 8 heteroatoms. The minimum Gasteiger partial charge on any atom is -0.478 e. The van der Waals surface area contributed by atoms with Crippen LogP contribution in [0.2, 0.25) is 0 Å². The first kappa shape index (κ1) is 21.4. The van der Waals surface area contributed by atoms with Gasteiger partial charge in [-0.2, -0.15) is 0 Å². The Morgan fingerprint density at radius 1 is 1.13 bits per heavy atom. The first-order chi connectivity index (χ1) is 13.9. The molecule has 30 heavy (non-hydrogen) atoms. The van der Waals surface area contributed by atoms with Crippen molar-refractivity contribution in [3.05, 3.63) is 58.4 Å². The molecule has 2 amide bonds. The normalized spacial score (nSPS) is 16.2. The van der Waals surface area contributed by atoms with E-state index in [0.29, 0.717) is 5.69 Å².